The average Bonchev–Trinajstić information content (AvgIpc) is 2.41. The Morgan fingerprint density at radius 3 is 2.30 bits per heavy atom. The fraction of sp³-hybridized carbons (Fsp3) is 0.143. The van der Waals surface area contributed by atoms with Gasteiger partial charge in [0.15, 0.2) is 0 Å². The first-order valence-electron chi connectivity index (χ1n) is 5.86. The van der Waals surface area contributed by atoms with Gasteiger partial charge in [-0.1, -0.05) is 34.1 Å². The van der Waals surface area contributed by atoms with Crippen LogP contribution in [0.4, 0.5) is 4.39 Å². The summed E-state index contributed by atoms with van der Waals surface area (Å²) in [5.41, 5.74) is 0.343. The van der Waals surface area contributed by atoms with E-state index in [0.717, 1.165) is 8.78 Å². The molecular weight excluding hydrogens is 345 g/mol. The van der Waals surface area contributed by atoms with Crippen LogP contribution in [0.3, 0.4) is 0 Å². The molecule has 6 heteroatoms. The fourth-order valence-electron chi connectivity index (χ4n) is 1.74. The number of nitrogens with zero attached hydrogens (tertiary/aromatic N) is 1. The molecule has 0 saturated heterocycles. The Kier molecular flexibility index (Phi) is 4.57. The molecular formula is C14H13BrFNO2S. The predicted octanol–water partition coefficient (Wildman–Crippen LogP) is 3.41. The van der Waals surface area contributed by atoms with Gasteiger partial charge in [-0.25, -0.2) is 12.8 Å². The SMILES string of the molecule is CN(Cc1ccccc1F)S(=O)(=O)c1ccc(Br)cc1. The monoisotopic (exact) mass is 357 g/mol. The van der Waals surface area contributed by atoms with Gasteiger partial charge in [0.1, 0.15) is 5.82 Å². The molecule has 0 aliphatic rings. The zero-order chi connectivity index (χ0) is 14.8. The lowest BCUT2D eigenvalue weighted by atomic mass is 10.2. The van der Waals surface area contributed by atoms with E-state index in [9.17, 15) is 12.8 Å². The van der Waals surface area contributed by atoms with Crippen molar-refractivity contribution in [1.82, 2.24) is 4.31 Å². The normalized spacial score (nSPS) is 11.8. The van der Waals surface area contributed by atoms with Crippen LogP contribution < -0.4 is 0 Å². The van der Waals surface area contributed by atoms with Gasteiger partial charge in [0.2, 0.25) is 10.0 Å². The van der Waals surface area contributed by atoms with Crippen molar-refractivity contribution in [3.8, 4) is 0 Å². The molecule has 0 atom stereocenters. The van der Waals surface area contributed by atoms with E-state index >= 15 is 0 Å². The summed E-state index contributed by atoms with van der Waals surface area (Å²) in [6.07, 6.45) is 0. The van der Waals surface area contributed by atoms with Gasteiger partial charge in [-0.15, -0.1) is 0 Å². The first-order chi connectivity index (χ1) is 9.41. The zero-order valence-electron chi connectivity index (χ0n) is 10.8. The minimum Gasteiger partial charge on any atom is -0.207 e. The molecule has 0 heterocycles. The third-order valence-corrected chi connectivity index (χ3v) is 5.22. The zero-order valence-corrected chi connectivity index (χ0v) is 13.2. The molecule has 0 saturated carbocycles. The van der Waals surface area contributed by atoms with E-state index in [2.05, 4.69) is 15.9 Å². The topological polar surface area (TPSA) is 37.4 Å². The molecule has 0 fully saturated rings. The average molecular weight is 358 g/mol. The second-order valence-electron chi connectivity index (χ2n) is 4.31. The number of rotatable bonds is 4. The van der Waals surface area contributed by atoms with Crippen LogP contribution >= 0.6 is 15.9 Å². The molecule has 0 aromatic heterocycles. The summed E-state index contributed by atoms with van der Waals surface area (Å²) in [7, 11) is -2.19. The van der Waals surface area contributed by atoms with Gasteiger partial charge in [-0.2, -0.15) is 4.31 Å². The van der Waals surface area contributed by atoms with Crippen molar-refractivity contribution in [2.24, 2.45) is 0 Å². The van der Waals surface area contributed by atoms with Gasteiger partial charge in [0.25, 0.3) is 0 Å². The summed E-state index contributed by atoms with van der Waals surface area (Å²) in [5, 5.41) is 0. The van der Waals surface area contributed by atoms with Crippen LogP contribution in [0.1, 0.15) is 5.56 Å². The lowest BCUT2D eigenvalue weighted by Crippen LogP contribution is -2.26. The van der Waals surface area contributed by atoms with Crippen LogP contribution in [0, 0.1) is 5.82 Å². The molecule has 2 aromatic rings. The lowest BCUT2D eigenvalue weighted by molar-refractivity contribution is 0.456. The summed E-state index contributed by atoms with van der Waals surface area (Å²) in [4.78, 5) is 0.180. The van der Waals surface area contributed by atoms with E-state index < -0.39 is 15.8 Å². The summed E-state index contributed by atoms with van der Waals surface area (Å²) in [6, 6.07) is 12.5. The lowest BCUT2D eigenvalue weighted by Gasteiger charge is -2.17. The van der Waals surface area contributed by atoms with Gasteiger partial charge in [0, 0.05) is 23.6 Å². The Morgan fingerprint density at radius 1 is 1.10 bits per heavy atom. The molecule has 0 radical (unpaired) electrons. The Bertz CT molecular complexity index is 701. The minimum atomic E-state index is -3.62. The van der Waals surface area contributed by atoms with Gasteiger partial charge < -0.3 is 0 Å². The van der Waals surface area contributed by atoms with Crippen molar-refractivity contribution in [3.05, 3.63) is 64.4 Å². The highest BCUT2D eigenvalue weighted by atomic mass is 79.9. The second kappa shape index (κ2) is 6.03. The smallest absolute Gasteiger partial charge is 0.207 e. The number of benzene rings is 2. The van der Waals surface area contributed by atoms with Crippen molar-refractivity contribution >= 4 is 26.0 Å². The van der Waals surface area contributed by atoms with Crippen molar-refractivity contribution in [1.29, 1.82) is 0 Å². The number of halogens is 2. The molecule has 2 rings (SSSR count). The molecule has 106 valence electrons. The van der Waals surface area contributed by atoms with E-state index in [1.807, 2.05) is 0 Å². The Morgan fingerprint density at radius 2 is 1.70 bits per heavy atom. The molecule has 0 spiro atoms. The summed E-state index contributed by atoms with van der Waals surface area (Å²) < 4.78 is 40.2. The summed E-state index contributed by atoms with van der Waals surface area (Å²) in [5.74, 6) is -0.412. The van der Waals surface area contributed by atoms with Crippen LogP contribution in [0.2, 0.25) is 0 Å². The van der Waals surface area contributed by atoms with E-state index in [1.54, 1.807) is 30.3 Å². The minimum absolute atomic E-state index is 0.00886. The standard InChI is InChI=1S/C14H13BrFNO2S/c1-17(10-11-4-2-3-5-14(11)16)20(18,19)13-8-6-12(15)7-9-13/h2-9H,10H2,1H3. The molecule has 0 aliphatic carbocycles. The third kappa shape index (κ3) is 3.26. The van der Waals surface area contributed by atoms with Crippen molar-refractivity contribution in [2.75, 3.05) is 7.05 Å². The first kappa shape index (κ1) is 15.2. The van der Waals surface area contributed by atoms with E-state index in [0.29, 0.717) is 5.56 Å². The molecule has 0 N–H and O–H groups in total. The third-order valence-electron chi connectivity index (χ3n) is 2.87. The fourth-order valence-corrected chi connectivity index (χ4v) is 3.15. The van der Waals surface area contributed by atoms with E-state index in [-0.39, 0.29) is 11.4 Å². The van der Waals surface area contributed by atoms with Gasteiger partial charge in [-0.05, 0) is 30.3 Å². The number of hydrogen-bond donors (Lipinski definition) is 0. The van der Waals surface area contributed by atoms with E-state index in [4.69, 9.17) is 0 Å². The Hall–Kier alpha value is -1.24. The van der Waals surface area contributed by atoms with Crippen molar-refractivity contribution in [2.45, 2.75) is 11.4 Å². The van der Waals surface area contributed by atoms with Gasteiger partial charge in [-0.3, -0.25) is 0 Å². The Balaban J connectivity index is 2.26. The van der Waals surface area contributed by atoms with Crippen LogP contribution in [0.15, 0.2) is 57.9 Å². The highest BCUT2D eigenvalue weighted by Gasteiger charge is 2.21. The quantitative estimate of drug-likeness (QED) is 0.840. The Labute approximate surface area is 126 Å². The summed E-state index contributed by atoms with van der Waals surface area (Å²) in [6.45, 7) is -0.00886. The predicted molar refractivity (Wildman–Crippen MR) is 79.2 cm³/mol. The van der Waals surface area contributed by atoms with Crippen LogP contribution in [-0.4, -0.2) is 19.8 Å². The molecule has 20 heavy (non-hydrogen) atoms. The number of hydrogen-bond acceptors (Lipinski definition) is 2. The largest absolute Gasteiger partial charge is 0.243 e. The molecule has 2 aromatic carbocycles. The van der Waals surface area contributed by atoms with Crippen molar-refractivity contribution < 1.29 is 12.8 Å². The highest BCUT2D eigenvalue weighted by Crippen LogP contribution is 2.20. The van der Waals surface area contributed by atoms with E-state index in [1.165, 1.54) is 25.2 Å². The maximum absolute atomic E-state index is 13.6. The summed E-state index contributed by atoms with van der Waals surface area (Å²) >= 11 is 3.25. The van der Waals surface area contributed by atoms with Crippen LogP contribution in [-0.2, 0) is 16.6 Å². The molecule has 0 bridgehead atoms. The van der Waals surface area contributed by atoms with Crippen LogP contribution in [0.5, 0.6) is 0 Å². The number of sulfonamides is 1. The molecule has 3 nitrogen and oxygen atoms in total. The van der Waals surface area contributed by atoms with Gasteiger partial charge >= 0.3 is 0 Å². The van der Waals surface area contributed by atoms with Gasteiger partial charge in [0.05, 0.1) is 4.90 Å². The second-order valence-corrected chi connectivity index (χ2v) is 7.27. The van der Waals surface area contributed by atoms with Crippen molar-refractivity contribution in [3.63, 3.8) is 0 Å². The maximum atomic E-state index is 13.6. The molecule has 0 aliphatic heterocycles. The maximum Gasteiger partial charge on any atom is 0.243 e. The molecule has 0 amide bonds. The first-order valence-corrected chi connectivity index (χ1v) is 8.10. The molecule has 0 unspecified atom stereocenters. The highest BCUT2D eigenvalue weighted by molar-refractivity contribution is 9.10. The van der Waals surface area contributed by atoms with Crippen LogP contribution in [0.25, 0.3) is 0 Å².